The zero-order valence-corrected chi connectivity index (χ0v) is 15.3. The van der Waals surface area contributed by atoms with Crippen LogP contribution in [0.25, 0.3) is 5.83 Å². The standard InChI is InChI=1S/C22H20F6/c1-2-17(23)21(27)14-7-8-16(18(24)9-14)13-5-3-12(4-6-13)15-10-19(25)22(28)20(26)11-15/h7-13H,2-6H2,1H3. The summed E-state index contributed by atoms with van der Waals surface area (Å²) in [7, 11) is 0. The molecule has 0 aromatic heterocycles. The van der Waals surface area contributed by atoms with Crippen LogP contribution >= 0.6 is 0 Å². The molecule has 1 saturated carbocycles. The highest BCUT2D eigenvalue weighted by Gasteiger charge is 2.27. The average Bonchev–Trinajstić information content (AvgIpc) is 2.70. The molecule has 3 rings (SSSR count). The zero-order chi connectivity index (χ0) is 20.4. The van der Waals surface area contributed by atoms with Crippen LogP contribution in [0.15, 0.2) is 36.2 Å². The number of rotatable bonds is 4. The highest BCUT2D eigenvalue weighted by atomic mass is 19.2. The molecule has 1 aliphatic carbocycles. The molecule has 1 fully saturated rings. The van der Waals surface area contributed by atoms with Gasteiger partial charge in [-0.25, -0.2) is 26.3 Å². The number of halogens is 6. The van der Waals surface area contributed by atoms with Crippen LogP contribution in [0, 0.1) is 23.3 Å². The second kappa shape index (κ2) is 8.41. The van der Waals surface area contributed by atoms with Crippen molar-refractivity contribution in [2.24, 2.45) is 0 Å². The van der Waals surface area contributed by atoms with E-state index >= 15 is 0 Å². The van der Waals surface area contributed by atoms with Crippen LogP contribution < -0.4 is 0 Å². The van der Waals surface area contributed by atoms with E-state index < -0.39 is 34.9 Å². The lowest BCUT2D eigenvalue weighted by Crippen LogP contribution is -2.14. The van der Waals surface area contributed by atoms with E-state index in [-0.39, 0.29) is 23.8 Å². The van der Waals surface area contributed by atoms with Crippen LogP contribution in [0.2, 0.25) is 0 Å². The molecule has 0 bridgehead atoms. The normalized spacial score (nSPS) is 20.8. The molecule has 1 aliphatic rings. The van der Waals surface area contributed by atoms with Crippen LogP contribution in [0.5, 0.6) is 0 Å². The lowest BCUT2D eigenvalue weighted by atomic mass is 9.76. The number of hydrogen-bond donors (Lipinski definition) is 0. The van der Waals surface area contributed by atoms with Crippen molar-refractivity contribution in [1.29, 1.82) is 0 Å². The molecular weight excluding hydrogens is 378 g/mol. The SMILES string of the molecule is CCC(F)=C(F)c1ccc(C2CCC(c3cc(F)c(F)c(F)c3)CC2)c(F)c1. The molecule has 0 spiro atoms. The van der Waals surface area contributed by atoms with Gasteiger partial charge in [-0.15, -0.1) is 0 Å². The van der Waals surface area contributed by atoms with Gasteiger partial charge in [0.05, 0.1) is 0 Å². The molecule has 0 unspecified atom stereocenters. The fourth-order valence-electron chi connectivity index (χ4n) is 3.86. The van der Waals surface area contributed by atoms with Gasteiger partial charge in [0.1, 0.15) is 11.6 Å². The number of allylic oxidation sites excluding steroid dienone is 1. The summed E-state index contributed by atoms with van der Waals surface area (Å²) in [5.74, 6) is -6.75. The molecular formula is C22H20F6. The van der Waals surface area contributed by atoms with E-state index in [0.717, 1.165) is 18.2 Å². The highest BCUT2D eigenvalue weighted by molar-refractivity contribution is 5.61. The van der Waals surface area contributed by atoms with Gasteiger partial charge in [0.25, 0.3) is 0 Å². The minimum Gasteiger partial charge on any atom is -0.209 e. The van der Waals surface area contributed by atoms with Gasteiger partial charge in [-0.05, 0) is 73.3 Å². The third kappa shape index (κ3) is 4.10. The molecule has 0 saturated heterocycles. The van der Waals surface area contributed by atoms with Crippen molar-refractivity contribution in [3.63, 3.8) is 0 Å². The van der Waals surface area contributed by atoms with Gasteiger partial charge >= 0.3 is 0 Å². The zero-order valence-electron chi connectivity index (χ0n) is 15.3. The fourth-order valence-corrected chi connectivity index (χ4v) is 3.86. The van der Waals surface area contributed by atoms with Gasteiger partial charge in [0, 0.05) is 5.56 Å². The van der Waals surface area contributed by atoms with Gasteiger partial charge in [0.2, 0.25) is 0 Å². The summed E-state index contributed by atoms with van der Waals surface area (Å²) in [6.07, 6.45) is 2.17. The third-order valence-electron chi connectivity index (χ3n) is 5.45. The van der Waals surface area contributed by atoms with E-state index in [0.29, 0.717) is 36.8 Å². The molecule has 0 radical (unpaired) electrons. The fraction of sp³-hybridized carbons (Fsp3) is 0.364. The summed E-state index contributed by atoms with van der Waals surface area (Å²) in [6, 6.07) is 5.85. The van der Waals surface area contributed by atoms with E-state index in [9.17, 15) is 26.3 Å². The minimum atomic E-state index is -1.49. The van der Waals surface area contributed by atoms with E-state index in [1.54, 1.807) is 0 Å². The second-order valence-electron chi connectivity index (χ2n) is 7.16. The van der Waals surface area contributed by atoms with Crippen LogP contribution in [0.4, 0.5) is 26.3 Å². The predicted molar refractivity (Wildman–Crippen MR) is 96.1 cm³/mol. The van der Waals surface area contributed by atoms with E-state index in [2.05, 4.69) is 0 Å². The summed E-state index contributed by atoms with van der Waals surface area (Å²) in [5, 5.41) is 0. The first kappa shape index (κ1) is 20.5. The Bertz CT molecular complexity index is 871. The molecule has 0 N–H and O–H groups in total. The summed E-state index contributed by atoms with van der Waals surface area (Å²) in [4.78, 5) is 0. The topological polar surface area (TPSA) is 0 Å². The summed E-state index contributed by atoms with van der Waals surface area (Å²) < 4.78 is 81.8. The smallest absolute Gasteiger partial charge is 0.194 e. The van der Waals surface area contributed by atoms with Crippen molar-refractivity contribution < 1.29 is 26.3 Å². The third-order valence-corrected chi connectivity index (χ3v) is 5.45. The summed E-state index contributed by atoms with van der Waals surface area (Å²) >= 11 is 0. The molecule has 0 amide bonds. The Morgan fingerprint density at radius 3 is 1.93 bits per heavy atom. The summed E-state index contributed by atoms with van der Waals surface area (Å²) in [5.41, 5.74) is 0.683. The lowest BCUT2D eigenvalue weighted by molar-refractivity contribution is 0.382. The van der Waals surface area contributed by atoms with Gasteiger partial charge in [-0.3, -0.25) is 0 Å². The van der Waals surface area contributed by atoms with Crippen LogP contribution in [-0.4, -0.2) is 0 Å². The van der Waals surface area contributed by atoms with Crippen LogP contribution in [-0.2, 0) is 0 Å². The number of benzene rings is 2. The Kier molecular flexibility index (Phi) is 6.16. The van der Waals surface area contributed by atoms with Gasteiger partial charge < -0.3 is 0 Å². The Balaban J connectivity index is 1.73. The first-order chi connectivity index (χ1) is 13.3. The Hall–Kier alpha value is -2.24. The van der Waals surface area contributed by atoms with Crippen molar-refractivity contribution in [2.75, 3.05) is 0 Å². The Morgan fingerprint density at radius 2 is 1.39 bits per heavy atom. The Morgan fingerprint density at radius 1 is 0.821 bits per heavy atom. The van der Waals surface area contributed by atoms with Crippen molar-refractivity contribution in [3.05, 3.63) is 76.1 Å². The lowest BCUT2D eigenvalue weighted by Gasteiger charge is -2.29. The minimum absolute atomic E-state index is 0.107. The molecule has 6 heteroatoms. The first-order valence-corrected chi connectivity index (χ1v) is 9.30. The largest absolute Gasteiger partial charge is 0.209 e. The molecule has 0 atom stereocenters. The Labute approximate surface area is 159 Å². The first-order valence-electron chi connectivity index (χ1n) is 9.30. The molecule has 0 aliphatic heterocycles. The number of hydrogen-bond acceptors (Lipinski definition) is 0. The molecule has 0 nitrogen and oxygen atoms in total. The molecule has 2 aromatic carbocycles. The van der Waals surface area contributed by atoms with Gasteiger partial charge in [-0.1, -0.05) is 19.1 Å². The van der Waals surface area contributed by atoms with Crippen molar-refractivity contribution in [2.45, 2.75) is 50.9 Å². The predicted octanol–water partition coefficient (Wildman–Crippen LogP) is 7.70. The van der Waals surface area contributed by atoms with Gasteiger partial charge in [0.15, 0.2) is 23.3 Å². The summed E-state index contributed by atoms with van der Waals surface area (Å²) in [6.45, 7) is 1.47. The van der Waals surface area contributed by atoms with Crippen LogP contribution in [0.3, 0.4) is 0 Å². The maximum Gasteiger partial charge on any atom is 0.194 e. The molecule has 0 heterocycles. The molecule has 2 aromatic rings. The van der Waals surface area contributed by atoms with Crippen molar-refractivity contribution >= 4 is 5.83 Å². The van der Waals surface area contributed by atoms with E-state index in [1.807, 2.05) is 0 Å². The maximum absolute atomic E-state index is 14.5. The molecule has 28 heavy (non-hydrogen) atoms. The van der Waals surface area contributed by atoms with Gasteiger partial charge in [-0.2, -0.15) is 0 Å². The van der Waals surface area contributed by atoms with Crippen LogP contribution in [0.1, 0.15) is 67.6 Å². The monoisotopic (exact) mass is 398 g/mol. The highest BCUT2D eigenvalue weighted by Crippen LogP contribution is 2.42. The quantitative estimate of drug-likeness (QED) is 0.366. The maximum atomic E-state index is 14.5. The molecule has 150 valence electrons. The van der Waals surface area contributed by atoms with E-state index in [4.69, 9.17) is 0 Å². The van der Waals surface area contributed by atoms with Crippen molar-refractivity contribution in [3.8, 4) is 0 Å². The second-order valence-corrected chi connectivity index (χ2v) is 7.16. The van der Waals surface area contributed by atoms with E-state index in [1.165, 1.54) is 19.1 Å². The average molecular weight is 398 g/mol. The van der Waals surface area contributed by atoms with Crippen molar-refractivity contribution in [1.82, 2.24) is 0 Å².